The van der Waals surface area contributed by atoms with E-state index < -0.39 is 0 Å². The Morgan fingerprint density at radius 3 is 2.50 bits per heavy atom. The van der Waals surface area contributed by atoms with Gasteiger partial charge in [-0.1, -0.05) is 40.0 Å². The van der Waals surface area contributed by atoms with E-state index in [-0.39, 0.29) is 0 Å². The van der Waals surface area contributed by atoms with Gasteiger partial charge < -0.3 is 0 Å². The van der Waals surface area contributed by atoms with Crippen LogP contribution >= 0.6 is 0 Å². The highest BCUT2D eigenvalue weighted by molar-refractivity contribution is 4.96. The first kappa shape index (κ1) is 10.5. The van der Waals surface area contributed by atoms with Gasteiger partial charge in [0.1, 0.15) is 0 Å². The summed E-state index contributed by atoms with van der Waals surface area (Å²) in [5, 5.41) is 0. The van der Waals surface area contributed by atoms with Gasteiger partial charge in [0.15, 0.2) is 0 Å². The Morgan fingerprint density at radius 1 is 1.07 bits per heavy atom. The molecule has 0 amide bonds. The molecule has 0 aromatic carbocycles. The zero-order valence-electron chi connectivity index (χ0n) is 10.1. The number of rotatable bonds is 6. The average molecular weight is 194 g/mol. The molecule has 0 aromatic rings. The lowest BCUT2D eigenvalue weighted by Crippen LogP contribution is -1.97. The Hall–Kier alpha value is 0. The number of hydrogen-bond donors (Lipinski definition) is 0. The van der Waals surface area contributed by atoms with Crippen molar-refractivity contribution in [1.82, 2.24) is 0 Å². The Kier molecular flexibility index (Phi) is 3.19. The van der Waals surface area contributed by atoms with Crippen molar-refractivity contribution in [2.24, 2.45) is 29.6 Å². The molecule has 2 saturated carbocycles. The Bertz CT molecular complexity index is 184. The van der Waals surface area contributed by atoms with Crippen molar-refractivity contribution >= 4 is 0 Å². The highest BCUT2D eigenvalue weighted by Gasteiger charge is 2.46. The standard InChI is InChI=1S/C14H26/c1-4-6-11-7-12(11)8-13-9-14(13)10(3)5-2/h10-14H,4-9H2,1-3H3. The molecule has 0 aliphatic heterocycles. The Labute approximate surface area is 89.5 Å². The molecule has 2 aliphatic carbocycles. The minimum Gasteiger partial charge on any atom is -0.0654 e. The average Bonchev–Trinajstić information content (AvgIpc) is 3.06. The molecular formula is C14H26. The van der Waals surface area contributed by atoms with Crippen LogP contribution in [0, 0.1) is 29.6 Å². The van der Waals surface area contributed by atoms with Crippen LogP contribution < -0.4 is 0 Å². The first-order chi connectivity index (χ1) is 6.76. The van der Waals surface area contributed by atoms with Crippen LogP contribution in [0.5, 0.6) is 0 Å². The van der Waals surface area contributed by atoms with Gasteiger partial charge in [0.05, 0.1) is 0 Å². The van der Waals surface area contributed by atoms with Crippen molar-refractivity contribution < 1.29 is 0 Å². The first-order valence-electron chi connectivity index (χ1n) is 6.76. The van der Waals surface area contributed by atoms with Crippen LogP contribution in [0.2, 0.25) is 0 Å². The van der Waals surface area contributed by atoms with Crippen molar-refractivity contribution in [3.05, 3.63) is 0 Å². The summed E-state index contributed by atoms with van der Waals surface area (Å²) in [6.07, 6.45) is 9.01. The van der Waals surface area contributed by atoms with Gasteiger partial charge >= 0.3 is 0 Å². The van der Waals surface area contributed by atoms with Crippen LogP contribution in [-0.2, 0) is 0 Å². The minimum atomic E-state index is 1.00. The monoisotopic (exact) mass is 194 g/mol. The summed E-state index contributed by atoms with van der Waals surface area (Å²) >= 11 is 0. The van der Waals surface area contributed by atoms with Crippen molar-refractivity contribution in [2.45, 2.75) is 59.3 Å². The maximum absolute atomic E-state index is 2.45. The molecule has 2 rings (SSSR count). The molecule has 5 atom stereocenters. The highest BCUT2D eigenvalue weighted by Crippen LogP contribution is 2.55. The van der Waals surface area contributed by atoms with Gasteiger partial charge in [-0.05, 0) is 48.9 Å². The van der Waals surface area contributed by atoms with E-state index >= 15 is 0 Å². The van der Waals surface area contributed by atoms with Gasteiger partial charge in [-0.25, -0.2) is 0 Å². The second-order valence-electron chi connectivity index (χ2n) is 5.83. The Morgan fingerprint density at radius 2 is 1.86 bits per heavy atom. The number of hydrogen-bond acceptors (Lipinski definition) is 0. The molecule has 0 aromatic heterocycles. The largest absolute Gasteiger partial charge is 0.0654 e. The van der Waals surface area contributed by atoms with Gasteiger partial charge in [0.2, 0.25) is 0 Å². The molecule has 0 spiro atoms. The highest BCUT2D eigenvalue weighted by atomic mass is 14.5. The summed E-state index contributed by atoms with van der Waals surface area (Å²) < 4.78 is 0. The smallest absolute Gasteiger partial charge is 0.0357 e. The lowest BCUT2D eigenvalue weighted by Gasteiger charge is -2.06. The summed E-state index contributed by atoms with van der Waals surface area (Å²) in [6.45, 7) is 7.12. The van der Waals surface area contributed by atoms with Crippen LogP contribution in [-0.4, -0.2) is 0 Å². The van der Waals surface area contributed by atoms with E-state index in [0.29, 0.717) is 0 Å². The van der Waals surface area contributed by atoms with E-state index in [2.05, 4.69) is 20.8 Å². The molecule has 0 N–H and O–H groups in total. The topological polar surface area (TPSA) is 0 Å². The fraction of sp³-hybridized carbons (Fsp3) is 1.00. The summed E-state index contributed by atoms with van der Waals surface area (Å²) in [7, 11) is 0. The molecule has 14 heavy (non-hydrogen) atoms. The first-order valence-corrected chi connectivity index (χ1v) is 6.76. The van der Waals surface area contributed by atoms with E-state index in [4.69, 9.17) is 0 Å². The molecular weight excluding hydrogens is 168 g/mol. The SMILES string of the molecule is CCCC1CC1CC1CC1C(C)CC. The zero-order valence-corrected chi connectivity index (χ0v) is 10.1. The predicted octanol–water partition coefficient (Wildman–Crippen LogP) is 4.49. The molecule has 0 nitrogen and oxygen atoms in total. The normalized spacial score (nSPS) is 42.2. The van der Waals surface area contributed by atoms with Crippen molar-refractivity contribution in [3.63, 3.8) is 0 Å². The van der Waals surface area contributed by atoms with Crippen molar-refractivity contribution in [1.29, 1.82) is 0 Å². The molecule has 0 saturated heterocycles. The summed E-state index contributed by atoms with van der Waals surface area (Å²) in [5.41, 5.74) is 0. The third kappa shape index (κ3) is 2.32. The van der Waals surface area contributed by atoms with Crippen molar-refractivity contribution in [3.8, 4) is 0 Å². The van der Waals surface area contributed by atoms with E-state index in [1.165, 1.54) is 19.3 Å². The second kappa shape index (κ2) is 4.24. The molecule has 5 unspecified atom stereocenters. The van der Waals surface area contributed by atoms with Crippen LogP contribution in [0.1, 0.15) is 59.3 Å². The van der Waals surface area contributed by atoms with Gasteiger partial charge in [-0.15, -0.1) is 0 Å². The van der Waals surface area contributed by atoms with Gasteiger partial charge in [0.25, 0.3) is 0 Å². The fourth-order valence-corrected chi connectivity index (χ4v) is 3.25. The Balaban J connectivity index is 1.61. The maximum Gasteiger partial charge on any atom is -0.0357 e. The summed E-state index contributed by atoms with van der Waals surface area (Å²) in [5.74, 6) is 5.54. The van der Waals surface area contributed by atoms with Crippen molar-refractivity contribution in [2.75, 3.05) is 0 Å². The van der Waals surface area contributed by atoms with Crippen LogP contribution in [0.4, 0.5) is 0 Å². The molecule has 2 aliphatic rings. The van der Waals surface area contributed by atoms with E-state index in [1.54, 1.807) is 19.3 Å². The van der Waals surface area contributed by atoms with Gasteiger partial charge in [-0.2, -0.15) is 0 Å². The van der Waals surface area contributed by atoms with E-state index in [1.807, 2.05) is 0 Å². The third-order valence-electron chi connectivity index (χ3n) is 4.69. The predicted molar refractivity (Wildman–Crippen MR) is 62.2 cm³/mol. The van der Waals surface area contributed by atoms with E-state index in [0.717, 1.165) is 29.6 Å². The molecule has 2 fully saturated rings. The zero-order chi connectivity index (χ0) is 10.1. The lowest BCUT2D eigenvalue weighted by molar-refractivity contribution is 0.436. The molecule has 0 heteroatoms. The molecule has 0 bridgehead atoms. The van der Waals surface area contributed by atoms with Gasteiger partial charge in [0, 0.05) is 0 Å². The summed E-state index contributed by atoms with van der Waals surface area (Å²) in [6, 6.07) is 0. The van der Waals surface area contributed by atoms with Gasteiger partial charge in [-0.3, -0.25) is 0 Å². The van der Waals surface area contributed by atoms with Crippen LogP contribution in [0.15, 0.2) is 0 Å². The molecule has 82 valence electrons. The van der Waals surface area contributed by atoms with E-state index in [9.17, 15) is 0 Å². The molecule has 0 heterocycles. The quantitative estimate of drug-likeness (QED) is 0.584. The third-order valence-corrected chi connectivity index (χ3v) is 4.69. The fourth-order valence-electron chi connectivity index (χ4n) is 3.25. The summed E-state index contributed by atoms with van der Waals surface area (Å²) in [4.78, 5) is 0. The second-order valence-corrected chi connectivity index (χ2v) is 5.83. The minimum absolute atomic E-state index is 1.00. The maximum atomic E-state index is 2.45. The molecule has 0 radical (unpaired) electrons. The van der Waals surface area contributed by atoms with Crippen LogP contribution in [0.3, 0.4) is 0 Å². The lowest BCUT2D eigenvalue weighted by atomic mass is 9.99. The van der Waals surface area contributed by atoms with Crippen LogP contribution in [0.25, 0.3) is 0 Å².